The Balaban J connectivity index is 1.69. The number of halogens is 3. The summed E-state index contributed by atoms with van der Waals surface area (Å²) < 4.78 is 29.6. The van der Waals surface area contributed by atoms with Gasteiger partial charge in [0.1, 0.15) is 5.82 Å². The highest BCUT2D eigenvalue weighted by molar-refractivity contribution is 6.30. The number of hydrogen-bond acceptors (Lipinski definition) is 4. The van der Waals surface area contributed by atoms with Gasteiger partial charge < -0.3 is 4.90 Å². The number of fused-ring (bicyclic) bond motifs is 1. The highest BCUT2D eigenvalue weighted by atomic mass is 35.5. The molecule has 164 valence electrons. The van der Waals surface area contributed by atoms with Gasteiger partial charge in [-0.3, -0.25) is 14.2 Å². The van der Waals surface area contributed by atoms with E-state index in [1.54, 1.807) is 49.4 Å². The van der Waals surface area contributed by atoms with Crippen molar-refractivity contribution in [1.29, 1.82) is 0 Å². The van der Waals surface area contributed by atoms with Crippen LogP contribution in [0.1, 0.15) is 28.6 Å². The molecule has 7 nitrogen and oxygen atoms in total. The molecule has 0 unspecified atom stereocenters. The van der Waals surface area contributed by atoms with Gasteiger partial charge in [0.2, 0.25) is 5.43 Å². The number of alkyl halides is 2. The van der Waals surface area contributed by atoms with Crippen molar-refractivity contribution in [3.8, 4) is 5.69 Å². The van der Waals surface area contributed by atoms with Crippen LogP contribution in [0.25, 0.3) is 16.7 Å². The molecule has 1 amide bonds. The molecule has 0 spiro atoms. The van der Waals surface area contributed by atoms with Gasteiger partial charge in [0.25, 0.3) is 5.91 Å². The molecule has 2 aromatic heterocycles. The first-order valence-electron chi connectivity index (χ1n) is 9.62. The Labute approximate surface area is 186 Å². The summed E-state index contributed by atoms with van der Waals surface area (Å²) in [5.41, 5.74) is 0.901. The third kappa shape index (κ3) is 3.99. The Morgan fingerprint density at radius 1 is 1.16 bits per heavy atom. The predicted molar refractivity (Wildman–Crippen MR) is 116 cm³/mol. The molecule has 0 aliphatic heterocycles. The van der Waals surface area contributed by atoms with Crippen molar-refractivity contribution < 1.29 is 13.6 Å². The summed E-state index contributed by atoms with van der Waals surface area (Å²) in [5, 5.41) is 4.76. The zero-order valence-corrected chi connectivity index (χ0v) is 17.9. The maximum atomic E-state index is 13.7. The number of aryl methyl sites for hydroxylation is 1. The summed E-state index contributed by atoms with van der Waals surface area (Å²) in [5.74, 6) is -0.701. The minimum atomic E-state index is -2.83. The summed E-state index contributed by atoms with van der Waals surface area (Å²) in [6.45, 7) is -1.37. The number of nitrogens with zero attached hydrogens (tertiary/aromatic N) is 5. The fourth-order valence-electron chi connectivity index (χ4n) is 3.43. The number of hydrogen-bond donors (Lipinski definition) is 0. The van der Waals surface area contributed by atoms with Crippen LogP contribution in [-0.4, -0.2) is 37.2 Å². The van der Waals surface area contributed by atoms with E-state index in [1.807, 2.05) is 0 Å². The second-order valence-electron chi connectivity index (χ2n) is 7.21. The number of amides is 1. The molecule has 0 fully saturated rings. The van der Waals surface area contributed by atoms with Crippen molar-refractivity contribution in [3.63, 3.8) is 0 Å². The van der Waals surface area contributed by atoms with E-state index in [2.05, 4.69) is 10.1 Å². The largest absolute Gasteiger partial charge is 0.333 e. The van der Waals surface area contributed by atoms with Crippen LogP contribution in [0, 0.1) is 6.92 Å². The average molecular weight is 458 g/mol. The maximum absolute atomic E-state index is 13.7. The fraction of sp³-hybridized carbons (Fsp3) is 0.182. The van der Waals surface area contributed by atoms with Crippen molar-refractivity contribution in [2.75, 3.05) is 7.05 Å². The molecule has 0 bridgehead atoms. The van der Waals surface area contributed by atoms with Gasteiger partial charge in [-0.25, -0.2) is 9.67 Å². The summed E-state index contributed by atoms with van der Waals surface area (Å²) in [4.78, 5) is 30.9. The highest BCUT2D eigenvalue weighted by Gasteiger charge is 2.23. The van der Waals surface area contributed by atoms with Crippen LogP contribution in [0.2, 0.25) is 5.02 Å². The average Bonchev–Trinajstić information content (AvgIpc) is 3.12. The van der Waals surface area contributed by atoms with Gasteiger partial charge in [0, 0.05) is 23.8 Å². The monoisotopic (exact) mass is 457 g/mol. The van der Waals surface area contributed by atoms with E-state index < -0.39 is 17.9 Å². The molecular weight excluding hydrogens is 440 g/mol. The van der Waals surface area contributed by atoms with Gasteiger partial charge in [-0.05, 0) is 43.3 Å². The second-order valence-corrected chi connectivity index (χ2v) is 7.65. The maximum Gasteiger partial charge on any atom is 0.320 e. The minimum Gasteiger partial charge on any atom is -0.333 e. The zero-order valence-electron chi connectivity index (χ0n) is 17.2. The molecule has 0 radical (unpaired) electrons. The van der Waals surface area contributed by atoms with Crippen LogP contribution in [0.15, 0.2) is 59.4 Å². The number of aromatic nitrogens is 4. The summed E-state index contributed by atoms with van der Waals surface area (Å²) >= 11 is 5.93. The van der Waals surface area contributed by atoms with Crippen LogP contribution >= 0.6 is 11.6 Å². The van der Waals surface area contributed by atoms with Gasteiger partial charge >= 0.3 is 6.55 Å². The molecule has 0 aliphatic carbocycles. The van der Waals surface area contributed by atoms with Gasteiger partial charge in [-0.1, -0.05) is 23.7 Å². The number of imidazole rings is 1. The van der Waals surface area contributed by atoms with Gasteiger partial charge in [-0.15, -0.1) is 0 Å². The van der Waals surface area contributed by atoms with E-state index in [4.69, 9.17) is 11.6 Å². The van der Waals surface area contributed by atoms with Gasteiger partial charge in [0.15, 0.2) is 5.69 Å². The molecular formula is C22H18ClF2N5O2. The highest BCUT2D eigenvalue weighted by Crippen LogP contribution is 2.24. The van der Waals surface area contributed by atoms with Crippen LogP contribution in [-0.2, 0) is 6.54 Å². The van der Waals surface area contributed by atoms with E-state index in [0.717, 1.165) is 9.47 Å². The molecule has 0 N–H and O–H groups in total. The Hall–Kier alpha value is -3.59. The summed E-state index contributed by atoms with van der Waals surface area (Å²) in [7, 11) is 1.41. The Kier molecular flexibility index (Phi) is 5.75. The normalized spacial score (nSPS) is 11.3. The predicted octanol–water partition coefficient (Wildman–Crippen LogP) is 4.21. The van der Waals surface area contributed by atoms with Crippen LogP contribution in [0.5, 0.6) is 0 Å². The molecule has 32 heavy (non-hydrogen) atoms. The first-order chi connectivity index (χ1) is 15.3. The number of rotatable bonds is 5. The quantitative estimate of drug-likeness (QED) is 0.450. The van der Waals surface area contributed by atoms with Crippen LogP contribution in [0.3, 0.4) is 0 Å². The van der Waals surface area contributed by atoms with E-state index >= 15 is 0 Å². The lowest BCUT2D eigenvalue weighted by Crippen LogP contribution is -2.34. The smallest absolute Gasteiger partial charge is 0.320 e. The van der Waals surface area contributed by atoms with Crippen LogP contribution in [0.4, 0.5) is 8.78 Å². The number of carbonyl (C=O) groups is 1. The SMILES string of the molecule is Cc1cc(=O)c(C(=O)N(C)Cc2nc3ccccc3n2C(F)F)nn1-c1ccc(Cl)cc1. The van der Waals surface area contributed by atoms with Crippen molar-refractivity contribution in [1.82, 2.24) is 24.2 Å². The Morgan fingerprint density at radius 3 is 2.53 bits per heavy atom. The van der Waals surface area contributed by atoms with E-state index in [9.17, 15) is 18.4 Å². The Morgan fingerprint density at radius 2 is 1.84 bits per heavy atom. The third-order valence-electron chi connectivity index (χ3n) is 4.97. The number of para-hydroxylation sites is 2. The zero-order chi connectivity index (χ0) is 23.0. The minimum absolute atomic E-state index is 0.00203. The van der Waals surface area contributed by atoms with E-state index in [1.165, 1.54) is 23.9 Å². The van der Waals surface area contributed by atoms with Crippen molar-refractivity contribution in [3.05, 3.63) is 87.1 Å². The lowest BCUT2D eigenvalue weighted by atomic mass is 10.2. The number of benzene rings is 2. The van der Waals surface area contributed by atoms with Crippen LogP contribution < -0.4 is 5.43 Å². The van der Waals surface area contributed by atoms with E-state index in [0.29, 0.717) is 21.9 Å². The number of carbonyl (C=O) groups excluding carboxylic acids is 1. The molecule has 0 aliphatic rings. The molecule has 0 saturated heterocycles. The standard InChI is InChI=1S/C22H18ClF2N5O2/c1-13-11-18(31)20(27-30(13)15-9-7-14(23)8-10-15)21(32)28(2)12-19-26-16-5-3-4-6-17(16)29(19)22(24)25/h3-11,22H,12H2,1-2H3. The molecule has 2 heterocycles. The summed E-state index contributed by atoms with van der Waals surface area (Å²) in [6, 6.07) is 14.5. The third-order valence-corrected chi connectivity index (χ3v) is 5.22. The molecule has 10 heteroatoms. The van der Waals surface area contributed by atoms with Crippen molar-refractivity contribution in [2.24, 2.45) is 0 Å². The van der Waals surface area contributed by atoms with Crippen molar-refractivity contribution in [2.45, 2.75) is 20.0 Å². The first-order valence-corrected chi connectivity index (χ1v) is 10.0. The summed E-state index contributed by atoms with van der Waals surface area (Å²) in [6.07, 6.45) is 0. The molecule has 0 saturated carbocycles. The molecule has 2 aromatic carbocycles. The topological polar surface area (TPSA) is 73.0 Å². The molecule has 4 aromatic rings. The van der Waals surface area contributed by atoms with Gasteiger partial charge in [-0.2, -0.15) is 13.9 Å². The van der Waals surface area contributed by atoms with Crippen molar-refractivity contribution >= 4 is 28.5 Å². The lowest BCUT2D eigenvalue weighted by Gasteiger charge is -2.18. The van der Waals surface area contributed by atoms with Gasteiger partial charge in [0.05, 0.1) is 23.3 Å². The van der Waals surface area contributed by atoms with E-state index in [-0.39, 0.29) is 23.6 Å². The Bertz CT molecular complexity index is 1370. The molecule has 4 rings (SSSR count). The second kappa shape index (κ2) is 8.51. The fourth-order valence-corrected chi connectivity index (χ4v) is 3.55. The first kappa shape index (κ1) is 21.6. The lowest BCUT2D eigenvalue weighted by molar-refractivity contribution is 0.0643. The molecule has 0 atom stereocenters.